The lowest BCUT2D eigenvalue weighted by molar-refractivity contribution is -0.123. The van der Waals surface area contributed by atoms with Crippen LogP contribution >= 0.6 is 11.6 Å². The molecular weight excluding hydrogens is 588 g/mol. The maximum absolute atomic E-state index is 12.6. The molecule has 0 fully saturated rings. The van der Waals surface area contributed by atoms with E-state index in [0.717, 1.165) is 11.8 Å². The normalized spacial score (nSPS) is 12.0. The van der Waals surface area contributed by atoms with Crippen LogP contribution in [-0.4, -0.2) is 39.3 Å². The van der Waals surface area contributed by atoms with Gasteiger partial charge in [0.1, 0.15) is 5.75 Å². The van der Waals surface area contributed by atoms with Gasteiger partial charge in [-0.3, -0.25) is 13.9 Å². The summed E-state index contributed by atoms with van der Waals surface area (Å²) in [7, 11) is -3.62. The number of halogens is 1. The van der Waals surface area contributed by atoms with Crippen molar-refractivity contribution in [3.05, 3.63) is 130 Å². The molecule has 0 aliphatic rings. The lowest BCUT2D eigenvalue weighted by Gasteiger charge is -2.23. The van der Waals surface area contributed by atoms with Crippen LogP contribution in [0.3, 0.4) is 0 Å². The smallest absolute Gasteiger partial charge is 0.271 e. The molecule has 1 unspecified atom stereocenters. The first-order valence-electron chi connectivity index (χ1n) is 13.3. The molecular formula is C32H31ClN4O5S. The third kappa shape index (κ3) is 9.16. The number of ether oxygens (including phenoxy) is 1. The van der Waals surface area contributed by atoms with Gasteiger partial charge < -0.3 is 10.1 Å². The van der Waals surface area contributed by atoms with Crippen LogP contribution in [0.2, 0.25) is 5.02 Å². The number of amides is 2. The first kappa shape index (κ1) is 31.3. The Morgan fingerprint density at radius 3 is 2.23 bits per heavy atom. The Morgan fingerprint density at radius 1 is 0.930 bits per heavy atom. The van der Waals surface area contributed by atoms with E-state index in [4.69, 9.17) is 16.3 Å². The van der Waals surface area contributed by atoms with Crippen molar-refractivity contribution >= 4 is 45.3 Å². The summed E-state index contributed by atoms with van der Waals surface area (Å²) in [5.74, 6) is -0.181. The highest BCUT2D eigenvalue weighted by atomic mass is 35.5. The highest BCUT2D eigenvalue weighted by Gasteiger charge is 2.19. The van der Waals surface area contributed by atoms with Crippen molar-refractivity contribution in [2.75, 3.05) is 17.2 Å². The minimum absolute atomic E-state index is 0.0544. The molecule has 9 nitrogen and oxygen atoms in total. The number of sulfonamides is 1. The molecule has 0 saturated heterocycles. The number of hydrogen-bond acceptors (Lipinski definition) is 6. The van der Waals surface area contributed by atoms with Crippen molar-refractivity contribution in [2.45, 2.75) is 19.5 Å². The molecule has 0 heterocycles. The summed E-state index contributed by atoms with van der Waals surface area (Å²) in [4.78, 5) is 24.8. The highest BCUT2D eigenvalue weighted by Crippen LogP contribution is 2.24. The Hall–Kier alpha value is -4.67. The van der Waals surface area contributed by atoms with E-state index >= 15 is 0 Å². The molecule has 222 valence electrons. The Bertz CT molecular complexity index is 1680. The summed E-state index contributed by atoms with van der Waals surface area (Å²) in [6, 6.07) is 29.6. The summed E-state index contributed by atoms with van der Waals surface area (Å²) in [5, 5.41) is 7.35. The van der Waals surface area contributed by atoms with E-state index in [1.54, 1.807) is 60.7 Å². The maximum atomic E-state index is 12.6. The Kier molecular flexibility index (Phi) is 10.5. The molecule has 4 rings (SSSR count). The predicted molar refractivity (Wildman–Crippen MR) is 169 cm³/mol. The lowest BCUT2D eigenvalue weighted by atomic mass is 10.1. The molecule has 2 amide bonds. The van der Waals surface area contributed by atoms with Crippen molar-refractivity contribution in [1.29, 1.82) is 0 Å². The minimum Gasteiger partial charge on any atom is -0.484 e. The SMILES string of the molecule is CC(NC(=O)COc1ccc(C=NNC(=O)c2ccc(N(Cc3ccccc3Cl)S(C)(=O)=O)cc2)cc1)c1ccccc1. The van der Waals surface area contributed by atoms with Gasteiger partial charge in [-0.2, -0.15) is 5.10 Å². The molecule has 0 saturated carbocycles. The summed E-state index contributed by atoms with van der Waals surface area (Å²) in [6.45, 7) is 1.84. The number of nitrogens with zero attached hydrogens (tertiary/aromatic N) is 2. The number of benzene rings is 4. The summed E-state index contributed by atoms with van der Waals surface area (Å²) in [5.41, 5.74) is 5.52. The predicted octanol–water partition coefficient (Wildman–Crippen LogP) is 5.33. The second-order valence-electron chi connectivity index (χ2n) is 9.66. The van der Waals surface area contributed by atoms with E-state index < -0.39 is 15.9 Å². The van der Waals surface area contributed by atoms with Crippen molar-refractivity contribution < 1.29 is 22.7 Å². The van der Waals surface area contributed by atoms with Crippen molar-refractivity contribution in [2.24, 2.45) is 5.10 Å². The van der Waals surface area contributed by atoms with Crippen LogP contribution in [0, 0.1) is 0 Å². The Labute approximate surface area is 256 Å². The van der Waals surface area contributed by atoms with Crippen LogP contribution in [-0.2, 0) is 21.4 Å². The van der Waals surface area contributed by atoms with Crippen LogP contribution in [0.5, 0.6) is 5.75 Å². The quantitative estimate of drug-likeness (QED) is 0.164. The van der Waals surface area contributed by atoms with E-state index in [2.05, 4.69) is 15.8 Å². The third-order valence-electron chi connectivity index (χ3n) is 6.40. The van der Waals surface area contributed by atoms with E-state index in [1.165, 1.54) is 22.7 Å². The first-order chi connectivity index (χ1) is 20.6. The molecule has 0 radical (unpaired) electrons. The van der Waals surface area contributed by atoms with Crippen molar-refractivity contribution in [3.8, 4) is 5.75 Å². The minimum atomic E-state index is -3.62. The van der Waals surface area contributed by atoms with E-state index in [-0.39, 0.29) is 25.1 Å². The van der Waals surface area contributed by atoms with Gasteiger partial charge in [-0.15, -0.1) is 0 Å². The molecule has 2 N–H and O–H groups in total. The third-order valence-corrected chi connectivity index (χ3v) is 7.91. The molecule has 0 spiro atoms. The van der Waals surface area contributed by atoms with Crippen LogP contribution in [0.15, 0.2) is 108 Å². The number of carbonyl (C=O) groups excluding carboxylic acids is 2. The van der Waals surface area contributed by atoms with Crippen LogP contribution in [0.4, 0.5) is 5.69 Å². The van der Waals surface area contributed by atoms with Gasteiger partial charge in [-0.05, 0) is 78.2 Å². The van der Waals surface area contributed by atoms with Crippen LogP contribution in [0.1, 0.15) is 40.0 Å². The Morgan fingerprint density at radius 2 is 1.58 bits per heavy atom. The zero-order valence-electron chi connectivity index (χ0n) is 23.6. The number of nitrogens with one attached hydrogen (secondary N) is 2. The second kappa shape index (κ2) is 14.5. The molecule has 0 aromatic heterocycles. The average molecular weight is 619 g/mol. The number of hydrazone groups is 1. The van der Waals surface area contributed by atoms with Gasteiger partial charge in [0.15, 0.2) is 6.61 Å². The van der Waals surface area contributed by atoms with Gasteiger partial charge in [0.25, 0.3) is 11.8 Å². The molecule has 43 heavy (non-hydrogen) atoms. The molecule has 4 aromatic carbocycles. The highest BCUT2D eigenvalue weighted by molar-refractivity contribution is 7.92. The summed E-state index contributed by atoms with van der Waals surface area (Å²) >= 11 is 6.22. The van der Waals surface area contributed by atoms with Crippen LogP contribution < -0.4 is 19.8 Å². The molecule has 11 heteroatoms. The average Bonchev–Trinajstić information content (AvgIpc) is 3.00. The van der Waals surface area contributed by atoms with Gasteiger partial charge in [0, 0.05) is 10.6 Å². The summed E-state index contributed by atoms with van der Waals surface area (Å²) in [6.07, 6.45) is 2.58. The van der Waals surface area contributed by atoms with Crippen molar-refractivity contribution in [1.82, 2.24) is 10.7 Å². The fourth-order valence-corrected chi connectivity index (χ4v) is 5.17. The molecule has 0 bridgehead atoms. The molecule has 0 aliphatic heterocycles. The largest absolute Gasteiger partial charge is 0.484 e. The number of hydrogen-bond donors (Lipinski definition) is 2. The summed E-state index contributed by atoms with van der Waals surface area (Å²) < 4.78 is 31.7. The zero-order chi connectivity index (χ0) is 30.8. The molecule has 0 aliphatic carbocycles. The first-order valence-corrected chi connectivity index (χ1v) is 15.5. The van der Waals surface area contributed by atoms with Gasteiger partial charge in [0.2, 0.25) is 10.0 Å². The van der Waals surface area contributed by atoms with E-state index in [9.17, 15) is 18.0 Å². The number of rotatable bonds is 12. The van der Waals surface area contributed by atoms with Crippen LogP contribution in [0.25, 0.3) is 0 Å². The second-order valence-corrected chi connectivity index (χ2v) is 12.0. The van der Waals surface area contributed by atoms with Gasteiger partial charge >= 0.3 is 0 Å². The van der Waals surface area contributed by atoms with Gasteiger partial charge in [-0.25, -0.2) is 13.8 Å². The molecule has 4 aromatic rings. The molecule has 1 atom stereocenters. The zero-order valence-corrected chi connectivity index (χ0v) is 25.2. The van der Waals surface area contributed by atoms with Gasteiger partial charge in [-0.1, -0.05) is 60.1 Å². The van der Waals surface area contributed by atoms with E-state index in [1.807, 2.05) is 37.3 Å². The number of anilines is 1. The fraction of sp³-hybridized carbons (Fsp3) is 0.156. The lowest BCUT2D eigenvalue weighted by Crippen LogP contribution is -2.31. The number of carbonyl (C=O) groups is 2. The van der Waals surface area contributed by atoms with Crippen molar-refractivity contribution in [3.63, 3.8) is 0 Å². The monoisotopic (exact) mass is 618 g/mol. The topological polar surface area (TPSA) is 117 Å². The van der Waals surface area contributed by atoms with Gasteiger partial charge in [0.05, 0.1) is 30.7 Å². The standard InChI is InChI=1S/C32H31ClN4O5S/c1-23(25-8-4-3-5-9-25)35-31(38)22-42-29-18-12-24(13-19-29)20-34-36-32(39)26-14-16-28(17-15-26)37(43(2,40)41)21-27-10-6-7-11-30(27)33/h3-20,23H,21-22H2,1-2H3,(H,35,38)(H,36,39). The van der Waals surface area contributed by atoms with E-state index in [0.29, 0.717) is 33.1 Å². The maximum Gasteiger partial charge on any atom is 0.271 e. The Balaban J connectivity index is 1.28. The fourth-order valence-electron chi connectivity index (χ4n) is 4.10.